The van der Waals surface area contributed by atoms with Gasteiger partial charge in [-0.05, 0) is 23.3 Å². The molecule has 3 heteroatoms. The van der Waals surface area contributed by atoms with Gasteiger partial charge >= 0.3 is 0 Å². The minimum atomic E-state index is 0.141. The van der Waals surface area contributed by atoms with Crippen LogP contribution in [0.25, 0.3) is 10.8 Å². The molecule has 19 heavy (non-hydrogen) atoms. The van der Waals surface area contributed by atoms with E-state index in [0.29, 0.717) is 6.42 Å². The molecule has 1 saturated heterocycles. The Balaban J connectivity index is 1.85. The van der Waals surface area contributed by atoms with Crippen molar-refractivity contribution in [3.8, 4) is 0 Å². The lowest BCUT2D eigenvalue weighted by molar-refractivity contribution is -0.119. The number of fused-ring (bicyclic) bond motifs is 1. The fourth-order valence-corrected chi connectivity index (χ4v) is 2.79. The number of benzene rings is 2. The Morgan fingerprint density at radius 2 is 2.00 bits per heavy atom. The average Bonchev–Trinajstić information content (AvgIpc) is 2.83. The molecule has 2 unspecified atom stereocenters. The highest BCUT2D eigenvalue weighted by molar-refractivity contribution is 5.86. The number of hydrogen-bond acceptors (Lipinski definition) is 2. The number of amides is 1. The lowest BCUT2D eigenvalue weighted by Crippen LogP contribution is -2.33. The molecule has 0 saturated carbocycles. The van der Waals surface area contributed by atoms with Crippen molar-refractivity contribution in [2.24, 2.45) is 0 Å². The summed E-state index contributed by atoms with van der Waals surface area (Å²) in [7, 11) is 0. The van der Waals surface area contributed by atoms with E-state index >= 15 is 0 Å². The van der Waals surface area contributed by atoms with Gasteiger partial charge in [-0.3, -0.25) is 4.79 Å². The Morgan fingerprint density at radius 1 is 1.21 bits per heavy atom. The van der Waals surface area contributed by atoms with Crippen molar-refractivity contribution < 1.29 is 4.79 Å². The van der Waals surface area contributed by atoms with Gasteiger partial charge < -0.3 is 10.6 Å². The molecule has 3 rings (SSSR count). The molecule has 1 aliphatic heterocycles. The third-order valence-corrected chi connectivity index (χ3v) is 3.75. The molecule has 0 spiro atoms. The SMILES string of the molecule is CC(NC1CNC(=O)C1)c1cccc2ccccc12. The maximum Gasteiger partial charge on any atom is 0.221 e. The van der Waals surface area contributed by atoms with Crippen LogP contribution < -0.4 is 10.6 Å². The minimum Gasteiger partial charge on any atom is -0.354 e. The summed E-state index contributed by atoms with van der Waals surface area (Å²) >= 11 is 0. The molecule has 3 nitrogen and oxygen atoms in total. The van der Waals surface area contributed by atoms with Gasteiger partial charge in [0.05, 0.1) is 0 Å². The Morgan fingerprint density at radius 3 is 2.79 bits per heavy atom. The lowest BCUT2D eigenvalue weighted by atomic mass is 9.99. The third kappa shape index (κ3) is 2.47. The van der Waals surface area contributed by atoms with Crippen LogP contribution >= 0.6 is 0 Å². The van der Waals surface area contributed by atoms with Crippen LogP contribution in [0.2, 0.25) is 0 Å². The first kappa shape index (κ1) is 12.2. The van der Waals surface area contributed by atoms with Crippen LogP contribution in [0.1, 0.15) is 24.9 Å². The molecule has 2 atom stereocenters. The second kappa shape index (κ2) is 5.02. The van der Waals surface area contributed by atoms with E-state index in [-0.39, 0.29) is 18.0 Å². The van der Waals surface area contributed by atoms with Crippen LogP contribution in [0.15, 0.2) is 42.5 Å². The smallest absolute Gasteiger partial charge is 0.221 e. The molecular formula is C16H18N2O. The largest absolute Gasteiger partial charge is 0.354 e. The van der Waals surface area contributed by atoms with Gasteiger partial charge in [-0.25, -0.2) is 0 Å². The van der Waals surface area contributed by atoms with Gasteiger partial charge in [0.15, 0.2) is 0 Å². The molecule has 1 heterocycles. The molecule has 2 aromatic carbocycles. The molecule has 0 aromatic heterocycles. The first-order valence-electron chi connectivity index (χ1n) is 6.74. The van der Waals surface area contributed by atoms with E-state index in [2.05, 4.69) is 60.0 Å². The van der Waals surface area contributed by atoms with Gasteiger partial charge in [-0.1, -0.05) is 42.5 Å². The number of rotatable bonds is 3. The number of hydrogen-bond donors (Lipinski definition) is 2. The highest BCUT2D eigenvalue weighted by atomic mass is 16.1. The molecule has 1 aliphatic rings. The van der Waals surface area contributed by atoms with Crippen molar-refractivity contribution in [3.05, 3.63) is 48.0 Å². The van der Waals surface area contributed by atoms with Crippen molar-refractivity contribution in [1.82, 2.24) is 10.6 Å². The molecule has 0 aliphatic carbocycles. The number of carbonyl (C=O) groups is 1. The number of carbonyl (C=O) groups excluding carboxylic acids is 1. The first-order valence-corrected chi connectivity index (χ1v) is 6.74. The Bertz CT molecular complexity index is 603. The molecule has 0 radical (unpaired) electrons. The van der Waals surface area contributed by atoms with E-state index < -0.39 is 0 Å². The predicted molar refractivity (Wildman–Crippen MR) is 76.9 cm³/mol. The van der Waals surface area contributed by atoms with Gasteiger partial charge in [0.1, 0.15) is 0 Å². The zero-order valence-electron chi connectivity index (χ0n) is 11.0. The van der Waals surface area contributed by atoms with E-state index in [4.69, 9.17) is 0 Å². The summed E-state index contributed by atoms with van der Waals surface area (Å²) in [5, 5.41) is 8.93. The molecule has 1 fully saturated rings. The van der Waals surface area contributed by atoms with Crippen LogP contribution in [0, 0.1) is 0 Å². The van der Waals surface area contributed by atoms with Crippen molar-refractivity contribution >= 4 is 16.7 Å². The maximum absolute atomic E-state index is 11.2. The highest BCUT2D eigenvalue weighted by Crippen LogP contribution is 2.24. The molecule has 98 valence electrons. The summed E-state index contributed by atoms with van der Waals surface area (Å²) in [4.78, 5) is 11.2. The van der Waals surface area contributed by atoms with Crippen molar-refractivity contribution in [3.63, 3.8) is 0 Å². The zero-order chi connectivity index (χ0) is 13.2. The fourth-order valence-electron chi connectivity index (χ4n) is 2.79. The van der Waals surface area contributed by atoms with Crippen molar-refractivity contribution in [2.75, 3.05) is 6.54 Å². The van der Waals surface area contributed by atoms with Gasteiger partial charge in [0, 0.05) is 25.0 Å². The summed E-state index contributed by atoms with van der Waals surface area (Å²) in [6.07, 6.45) is 0.578. The summed E-state index contributed by atoms with van der Waals surface area (Å²) in [6.45, 7) is 2.89. The van der Waals surface area contributed by atoms with Crippen molar-refractivity contribution in [2.45, 2.75) is 25.4 Å². The Hall–Kier alpha value is -1.87. The monoisotopic (exact) mass is 254 g/mol. The predicted octanol–water partition coefficient (Wildman–Crippen LogP) is 2.38. The van der Waals surface area contributed by atoms with Gasteiger partial charge in [0.2, 0.25) is 5.91 Å². The molecule has 2 N–H and O–H groups in total. The summed E-state index contributed by atoms with van der Waals surface area (Å²) in [5.41, 5.74) is 1.29. The third-order valence-electron chi connectivity index (χ3n) is 3.75. The average molecular weight is 254 g/mol. The topological polar surface area (TPSA) is 41.1 Å². The van der Waals surface area contributed by atoms with Crippen LogP contribution in [-0.4, -0.2) is 18.5 Å². The quantitative estimate of drug-likeness (QED) is 0.883. The standard InChI is InChI=1S/C16H18N2O/c1-11(18-13-9-16(19)17-10-13)14-8-4-6-12-5-2-3-7-15(12)14/h2-8,11,13,18H,9-10H2,1H3,(H,17,19). The molecule has 0 bridgehead atoms. The normalized spacial score (nSPS) is 20.5. The molecule has 2 aromatic rings. The van der Waals surface area contributed by atoms with E-state index in [1.54, 1.807) is 0 Å². The first-order chi connectivity index (χ1) is 9.24. The van der Waals surface area contributed by atoms with E-state index in [9.17, 15) is 4.79 Å². The number of nitrogens with one attached hydrogen (secondary N) is 2. The van der Waals surface area contributed by atoms with Gasteiger partial charge in [-0.15, -0.1) is 0 Å². The molecule has 1 amide bonds. The van der Waals surface area contributed by atoms with Gasteiger partial charge in [-0.2, -0.15) is 0 Å². The fraction of sp³-hybridized carbons (Fsp3) is 0.312. The van der Waals surface area contributed by atoms with E-state index in [1.165, 1.54) is 16.3 Å². The second-order valence-electron chi connectivity index (χ2n) is 5.16. The highest BCUT2D eigenvalue weighted by Gasteiger charge is 2.23. The molecular weight excluding hydrogens is 236 g/mol. The maximum atomic E-state index is 11.2. The second-order valence-corrected chi connectivity index (χ2v) is 5.16. The van der Waals surface area contributed by atoms with Crippen LogP contribution in [0.3, 0.4) is 0 Å². The van der Waals surface area contributed by atoms with E-state index in [1.807, 2.05) is 0 Å². The minimum absolute atomic E-state index is 0.141. The lowest BCUT2D eigenvalue weighted by Gasteiger charge is -2.20. The van der Waals surface area contributed by atoms with Crippen LogP contribution in [0.5, 0.6) is 0 Å². The van der Waals surface area contributed by atoms with Gasteiger partial charge in [0.25, 0.3) is 0 Å². The summed E-state index contributed by atoms with van der Waals surface area (Å²) in [5.74, 6) is 0.141. The van der Waals surface area contributed by atoms with Crippen molar-refractivity contribution in [1.29, 1.82) is 0 Å². The Labute approximate surface area is 113 Å². The van der Waals surface area contributed by atoms with Crippen LogP contribution in [-0.2, 0) is 4.79 Å². The van der Waals surface area contributed by atoms with E-state index in [0.717, 1.165) is 6.54 Å². The Kier molecular flexibility index (Phi) is 3.22. The summed E-state index contributed by atoms with van der Waals surface area (Å²) < 4.78 is 0. The van der Waals surface area contributed by atoms with Crippen LogP contribution in [0.4, 0.5) is 0 Å². The zero-order valence-corrected chi connectivity index (χ0v) is 11.0. The summed E-state index contributed by atoms with van der Waals surface area (Å²) in [6, 6.07) is 15.3.